The van der Waals surface area contributed by atoms with E-state index in [1.807, 2.05) is 6.08 Å². The average Bonchev–Trinajstić information content (AvgIpc) is 2.76. The van der Waals surface area contributed by atoms with E-state index in [2.05, 4.69) is 53.8 Å². The lowest BCUT2D eigenvalue weighted by atomic mass is 10.1. The molecule has 2 rings (SSSR count). The Kier molecular flexibility index (Phi) is 4.59. The molecule has 1 N–H and O–H groups in total. The van der Waals surface area contributed by atoms with Crippen molar-refractivity contribution in [3.8, 4) is 0 Å². The lowest BCUT2D eigenvalue weighted by Crippen LogP contribution is -2.15. The number of hydrogen-bond donors (Lipinski definition) is 1. The van der Waals surface area contributed by atoms with Crippen molar-refractivity contribution in [3.05, 3.63) is 48.7 Å². The fourth-order valence-corrected chi connectivity index (χ4v) is 2.34. The first-order chi connectivity index (χ1) is 8.86. The number of allylic oxidation sites excluding steroid dienone is 1. The van der Waals surface area contributed by atoms with Crippen LogP contribution in [0.25, 0.3) is 10.9 Å². The van der Waals surface area contributed by atoms with Gasteiger partial charge >= 0.3 is 0 Å². The van der Waals surface area contributed by atoms with Crippen molar-refractivity contribution in [2.24, 2.45) is 0 Å². The fraction of sp³-hybridized carbons (Fsp3) is 0.375. The normalized spacial score (nSPS) is 10.9. The van der Waals surface area contributed by atoms with Crippen LogP contribution in [0.4, 0.5) is 0 Å². The zero-order chi connectivity index (χ0) is 12.8. The summed E-state index contributed by atoms with van der Waals surface area (Å²) in [5, 5.41) is 4.78. The monoisotopic (exact) mass is 242 g/mol. The van der Waals surface area contributed by atoms with E-state index in [1.54, 1.807) is 0 Å². The Bertz CT molecular complexity index is 511. The molecular formula is C16H22N2. The highest BCUT2D eigenvalue weighted by Crippen LogP contribution is 2.22. The summed E-state index contributed by atoms with van der Waals surface area (Å²) in [5.41, 5.74) is 2.78. The maximum atomic E-state index is 3.80. The molecule has 1 aromatic heterocycles. The molecule has 0 aliphatic carbocycles. The van der Waals surface area contributed by atoms with Crippen LogP contribution in [-0.2, 0) is 13.0 Å². The molecule has 0 spiro atoms. The Balaban J connectivity index is 2.25. The van der Waals surface area contributed by atoms with Crippen LogP contribution in [0.15, 0.2) is 43.1 Å². The minimum absolute atomic E-state index is 1.02. The van der Waals surface area contributed by atoms with Crippen molar-refractivity contribution in [2.45, 2.75) is 26.3 Å². The van der Waals surface area contributed by atoms with Crippen molar-refractivity contribution >= 4 is 10.9 Å². The van der Waals surface area contributed by atoms with Gasteiger partial charge in [0.05, 0.1) is 0 Å². The molecule has 0 aliphatic heterocycles. The van der Waals surface area contributed by atoms with Gasteiger partial charge in [-0.1, -0.05) is 31.2 Å². The van der Waals surface area contributed by atoms with Crippen LogP contribution in [-0.4, -0.2) is 17.7 Å². The Labute approximate surface area is 109 Å². The summed E-state index contributed by atoms with van der Waals surface area (Å²) in [5.74, 6) is 0. The molecule has 0 radical (unpaired) electrons. The van der Waals surface area contributed by atoms with Crippen LogP contribution in [0.1, 0.15) is 18.9 Å². The van der Waals surface area contributed by atoms with Gasteiger partial charge in [-0.25, -0.2) is 0 Å². The minimum Gasteiger partial charge on any atom is -0.347 e. The van der Waals surface area contributed by atoms with Gasteiger partial charge in [0, 0.05) is 23.6 Å². The minimum atomic E-state index is 1.02. The number of fused-ring (bicyclic) bond motifs is 1. The van der Waals surface area contributed by atoms with Gasteiger partial charge in [0.15, 0.2) is 0 Å². The van der Waals surface area contributed by atoms with Gasteiger partial charge in [0.25, 0.3) is 0 Å². The van der Waals surface area contributed by atoms with Crippen LogP contribution < -0.4 is 5.32 Å². The van der Waals surface area contributed by atoms with Crippen LogP contribution in [0, 0.1) is 0 Å². The SMILES string of the molecule is C=CCCn1cc(CCNCC)c2ccccc21. The van der Waals surface area contributed by atoms with E-state index >= 15 is 0 Å². The molecule has 96 valence electrons. The van der Waals surface area contributed by atoms with E-state index in [-0.39, 0.29) is 0 Å². The lowest BCUT2D eigenvalue weighted by molar-refractivity contribution is 0.707. The van der Waals surface area contributed by atoms with Crippen molar-refractivity contribution in [3.63, 3.8) is 0 Å². The predicted octanol–water partition coefficient (Wildman–Crippen LogP) is 3.37. The Morgan fingerprint density at radius 2 is 2.17 bits per heavy atom. The van der Waals surface area contributed by atoms with Crippen molar-refractivity contribution in [1.29, 1.82) is 0 Å². The number of likely N-dealkylation sites (N-methyl/N-ethyl adjacent to an activating group) is 1. The molecule has 1 heterocycles. The number of para-hydroxylation sites is 1. The average molecular weight is 242 g/mol. The molecule has 18 heavy (non-hydrogen) atoms. The van der Waals surface area contributed by atoms with E-state index in [1.165, 1.54) is 16.5 Å². The van der Waals surface area contributed by atoms with Gasteiger partial charge in [-0.15, -0.1) is 6.58 Å². The highest BCUT2D eigenvalue weighted by molar-refractivity contribution is 5.84. The zero-order valence-corrected chi connectivity index (χ0v) is 11.2. The largest absolute Gasteiger partial charge is 0.347 e. The van der Waals surface area contributed by atoms with E-state index in [0.29, 0.717) is 0 Å². The molecule has 0 amide bonds. The Hall–Kier alpha value is -1.54. The Morgan fingerprint density at radius 3 is 2.94 bits per heavy atom. The second-order valence-electron chi connectivity index (χ2n) is 4.55. The quantitative estimate of drug-likeness (QED) is 0.582. The first-order valence-electron chi connectivity index (χ1n) is 6.75. The van der Waals surface area contributed by atoms with E-state index in [9.17, 15) is 0 Å². The summed E-state index contributed by atoms with van der Waals surface area (Å²) < 4.78 is 2.35. The number of nitrogens with zero attached hydrogens (tertiary/aromatic N) is 1. The van der Waals surface area contributed by atoms with Gasteiger partial charge in [-0.2, -0.15) is 0 Å². The van der Waals surface area contributed by atoms with Gasteiger partial charge in [0.2, 0.25) is 0 Å². The molecule has 0 aliphatic rings. The van der Waals surface area contributed by atoms with Crippen molar-refractivity contribution in [1.82, 2.24) is 9.88 Å². The third-order valence-electron chi connectivity index (χ3n) is 3.27. The molecule has 2 heteroatoms. The van der Waals surface area contributed by atoms with Gasteiger partial charge < -0.3 is 9.88 Å². The third-order valence-corrected chi connectivity index (χ3v) is 3.27. The second-order valence-corrected chi connectivity index (χ2v) is 4.55. The third kappa shape index (κ3) is 2.82. The van der Waals surface area contributed by atoms with Gasteiger partial charge in [-0.05, 0) is 37.6 Å². The predicted molar refractivity (Wildman–Crippen MR) is 79.0 cm³/mol. The molecule has 0 fully saturated rings. The second kappa shape index (κ2) is 6.41. The molecule has 0 bridgehead atoms. The van der Waals surface area contributed by atoms with Crippen LogP contribution in [0.5, 0.6) is 0 Å². The lowest BCUT2D eigenvalue weighted by Gasteiger charge is -2.01. The number of aryl methyl sites for hydroxylation is 1. The standard InChI is InChI=1S/C16H22N2/c1-3-5-12-18-13-14(10-11-17-4-2)15-8-6-7-9-16(15)18/h3,6-9,13,17H,1,4-5,10-12H2,2H3. The molecule has 0 unspecified atom stereocenters. The maximum absolute atomic E-state index is 3.80. The number of hydrogen-bond acceptors (Lipinski definition) is 1. The first-order valence-corrected chi connectivity index (χ1v) is 6.75. The van der Waals surface area contributed by atoms with Crippen molar-refractivity contribution < 1.29 is 0 Å². The van der Waals surface area contributed by atoms with E-state index < -0.39 is 0 Å². The van der Waals surface area contributed by atoms with E-state index in [0.717, 1.165) is 32.5 Å². The van der Waals surface area contributed by atoms with Gasteiger partial charge in [-0.3, -0.25) is 0 Å². The number of aromatic nitrogens is 1. The summed E-state index contributed by atoms with van der Waals surface area (Å²) in [4.78, 5) is 0. The van der Waals surface area contributed by atoms with E-state index in [4.69, 9.17) is 0 Å². The molecule has 0 saturated carbocycles. The summed E-state index contributed by atoms with van der Waals surface area (Å²) >= 11 is 0. The summed E-state index contributed by atoms with van der Waals surface area (Å²) in [7, 11) is 0. The summed E-state index contributed by atoms with van der Waals surface area (Å²) in [6.45, 7) is 9.05. The summed E-state index contributed by atoms with van der Waals surface area (Å²) in [6.07, 6.45) is 6.39. The topological polar surface area (TPSA) is 17.0 Å². The number of benzene rings is 1. The zero-order valence-electron chi connectivity index (χ0n) is 11.2. The Morgan fingerprint density at radius 1 is 1.33 bits per heavy atom. The van der Waals surface area contributed by atoms with Crippen molar-refractivity contribution in [2.75, 3.05) is 13.1 Å². The van der Waals surface area contributed by atoms with Crippen LogP contribution in [0.3, 0.4) is 0 Å². The molecule has 2 nitrogen and oxygen atoms in total. The molecule has 2 aromatic rings. The van der Waals surface area contributed by atoms with Crippen LogP contribution in [0.2, 0.25) is 0 Å². The molecule has 0 atom stereocenters. The van der Waals surface area contributed by atoms with Crippen LogP contribution >= 0.6 is 0 Å². The van der Waals surface area contributed by atoms with Gasteiger partial charge in [0.1, 0.15) is 0 Å². The summed E-state index contributed by atoms with van der Waals surface area (Å²) in [6, 6.07) is 8.66. The molecule has 0 saturated heterocycles. The highest BCUT2D eigenvalue weighted by atomic mass is 15.0. The highest BCUT2D eigenvalue weighted by Gasteiger charge is 2.06. The smallest absolute Gasteiger partial charge is 0.0483 e. The molecular weight excluding hydrogens is 220 g/mol. The maximum Gasteiger partial charge on any atom is 0.0483 e. The molecule has 1 aromatic carbocycles. The fourth-order valence-electron chi connectivity index (χ4n) is 2.34. The number of rotatable bonds is 7. The first kappa shape index (κ1) is 12.9. The number of nitrogens with one attached hydrogen (secondary N) is 1.